The number of nitrogens with one attached hydrogen (secondary N) is 1. The molecule has 0 unspecified atom stereocenters. The van der Waals surface area contributed by atoms with Crippen molar-refractivity contribution in [3.63, 3.8) is 0 Å². The number of amides is 1. The maximum atomic E-state index is 12.8. The van der Waals surface area contributed by atoms with Crippen LogP contribution in [-0.4, -0.2) is 78.2 Å². The van der Waals surface area contributed by atoms with Crippen molar-refractivity contribution in [2.75, 3.05) is 57.4 Å². The SMILES string of the molecule is Cc1cc(C)c2c(N3CCOCC3)nc(C(=O)NCCN3CCCCC3)nc2n1. The summed E-state index contributed by atoms with van der Waals surface area (Å²) in [4.78, 5) is 31.2. The first kappa shape index (κ1) is 20.0. The van der Waals surface area contributed by atoms with Crippen LogP contribution in [0.2, 0.25) is 0 Å². The van der Waals surface area contributed by atoms with Gasteiger partial charge >= 0.3 is 0 Å². The largest absolute Gasteiger partial charge is 0.378 e. The summed E-state index contributed by atoms with van der Waals surface area (Å²) in [6.45, 7) is 10.5. The van der Waals surface area contributed by atoms with Crippen LogP contribution in [0.5, 0.6) is 0 Å². The van der Waals surface area contributed by atoms with Crippen LogP contribution in [0.3, 0.4) is 0 Å². The van der Waals surface area contributed by atoms with E-state index in [2.05, 4.69) is 30.1 Å². The van der Waals surface area contributed by atoms with E-state index < -0.39 is 0 Å². The summed E-state index contributed by atoms with van der Waals surface area (Å²) < 4.78 is 5.49. The molecule has 0 atom stereocenters. The molecule has 0 radical (unpaired) electrons. The molecule has 0 bridgehead atoms. The number of hydrogen-bond acceptors (Lipinski definition) is 7. The zero-order valence-electron chi connectivity index (χ0n) is 17.4. The average Bonchev–Trinajstić information content (AvgIpc) is 2.74. The number of fused-ring (bicyclic) bond motifs is 1. The molecule has 1 amide bonds. The summed E-state index contributed by atoms with van der Waals surface area (Å²) in [7, 11) is 0. The summed E-state index contributed by atoms with van der Waals surface area (Å²) in [5, 5.41) is 3.91. The molecule has 8 nitrogen and oxygen atoms in total. The third-order valence-corrected chi connectivity index (χ3v) is 5.65. The highest BCUT2D eigenvalue weighted by atomic mass is 16.5. The first-order valence-corrected chi connectivity index (χ1v) is 10.6. The minimum atomic E-state index is -0.237. The number of anilines is 1. The molecule has 156 valence electrons. The number of nitrogens with zero attached hydrogens (tertiary/aromatic N) is 5. The molecule has 29 heavy (non-hydrogen) atoms. The van der Waals surface area contributed by atoms with Crippen molar-refractivity contribution in [1.82, 2.24) is 25.2 Å². The normalized spacial score (nSPS) is 18.2. The highest BCUT2D eigenvalue weighted by Crippen LogP contribution is 2.27. The molecule has 8 heteroatoms. The summed E-state index contributed by atoms with van der Waals surface area (Å²) >= 11 is 0. The second-order valence-corrected chi connectivity index (χ2v) is 7.91. The Morgan fingerprint density at radius 1 is 1.07 bits per heavy atom. The van der Waals surface area contributed by atoms with Crippen LogP contribution in [0.25, 0.3) is 11.0 Å². The smallest absolute Gasteiger partial charge is 0.289 e. The Hall–Kier alpha value is -2.32. The van der Waals surface area contributed by atoms with E-state index in [1.54, 1.807) is 0 Å². The number of aryl methyl sites for hydroxylation is 2. The van der Waals surface area contributed by atoms with Gasteiger partial charge in [0.25, 0.3) is 5.91 Å². The number of pyridine rings is 1. The van der Waals surface area contributed by atoms with E-state index in [0.29, 0.717) is 25.4 Å². The number of likely N-dealkylation sites (tertiary alicyclic amines) is 1. The first-order chi connectivity index (χ1) is 14.1. The number of rotatable bonds is 5. The van der Waals surface area contributed by atoms with Crippen LogP contribution in [0.1, 0.15) is 41.1 Å². The summed E-state index contributed by atoms with van der Waals surface area (Å²) in [6.07, 6.45) is 3.80. The van der Waals surface area contributed by atoms with Gasteiger partial charge in [-0.15, -0.1) is 0 Å². The van der Waals surface area contributed by atoms with Crippen molar-refractivity contribution >= 4 is 22.8 Å². The van der Waals surface area contributed by atoms with Gasteiger partial charge in [-0.25, -0.2) is 15.0 Å². The Bertz CT molecular complexity index is 875. The van der Waals surface area contributed by atoms with Gasteiger partial charge in [0, 0.05) is 31.9 Å². The molecule has 2 aliphatic rings. The van der Waals surface area contributed by atoms with Crippen LogP contribution in [0.4, 0.5) is 5.82 Å². The number of morpholine rings is 1. The molecule has 4 rings (SSSR count). The molecular weight excluding hydrogens is 368 g/mol. The van der Waals surface area contributed by atoms with Crippen molar-refractivity contribution in [1.29, 1.82) is 0 Å². The van der Waals surface area contributed by atoms with Crippen LogP contribution < -0.4 is 10.2 Å². The molecule has 0 aliphatic carbocycles. The molecule has 0 spiro atoms. The molecule has 2 aromatic rings. The third-order valence-electron chi connectivity index (χ3n) is 5.65. The molecule has 2 saturated heterocycles. The van der Waals surface area contributed by atoms with Gasteiger partial charge in [0.1, 0.15) is 5.82 Å². The van der Waals surface area contributed by atoms with E-state index in [4.69, 9.17) is 4.74 Å². The van der Waals surface area contributed by atoms with E-state index in [9.17, 15) is 4.79 Å². The molecule has 0 saturated carbocycles. The van der Waals surface area contributed by atoms with Crippen LogP contribution in [0, 0.1) is 13.8 Å². The van der Waals surface area contributed by atoms with Crippen molar-refractivity contribution in [2.45, 2.75) is 33.1 Å². The molecule has 4 heterocycles. The predicted octanol–water partition coefficient (Wildman–Crippen LogP) is 1.69. The maximum Gasteiger partial charge on any atom is 0.289 e. The number of carbonyl (C=O) groups excluding carboxylic acids is 1. The van der Waals surface area contributed by atoms with Crippen LogP contribution in [0.15, 0.2) is 6.07 Å². The van der Waals surface area contributed by atoms with Gasteiger partial charge in [-0.3, -0.25) is 4.79 Å². The van der Waals surface area contributed by atoms with E-state index in [1.165, 1.54) is 19.3 Å². The highest BCUT2D eigenvalue weighted by molar-refractivity contribution is 5.96. The summed E-state index contributed by atoms with van der Waals surface area (Å²) in [5.74, 6) is 0.735. The van der Waals surface area contributed by atoms with Crippen LogP contribution >= 0.6 is 0 Å². The zero-order valence-corrected chi connectivity index (χ0v) is 17.4. The fourth-order valence-corrected chi connectivity index (χ4v) is 4.15. The lowest BCUT2D eigenvalue weighted by Gasteiger charge is -2.29. The molecule has 2 fully saturated rings. The monoisotopic (exact) mass is 398 g/mol. The van der Waals surface area contributed by atoms with Crippen LogP contribution in [-0.2, 0) is 4.74 Å². The number of hydrogen-bond donors (Lipinski definition) is 1. The fourth-order valence-electron chi connectivity index (χ4n) is 4.15. The summed E-state index contributed by atoms with van der Waals surface area (Å²) in [5.41, 5.74) is 2.55. The van der Waals surface area contributed by atoms with Crippen molar-refractivity contribution < 1.29 is 9.53 Å². The van der Waals surface area contributed by atoms with Gasteiger partial charge in [0.05, 0.1) is 18.6 Å². The van der Waals surface area contributed by atoms with Gasteiger partial charge in [-0.2, -0.15) is 0 Å². The van der Waals surface area contributed by atoms with Gasteiger partial charge in [0.2, 0.25) is 5.82 Å². The lowest BCUT2D eigenvalue weighted by Crippen LogP contribution is -2.39. The molecule has 2 aliphatic heterocycles. The second-order valence-electron chi connectivity index (χ2n) is 7.91. The molecular formula is C21H30N6O2. The maximum absolute atomic E-state index is 12.8. The number of aromatic nitrogens is 3. The average molecular weight is 399 g/mol. The van der Waals surface area contributed by atoms with Gasteiger partial charge in [-0.05, 0) is 51.4 Å². The van der Waals surface area contributed by atoms with E-state index >= 15 is 0 Å². The first-order valence-electron chi connectivity index (χ1n) is 10.6. The minimum absolute atomic E-state index is 0.190. The lowest BCUT2D eigenvalue weighted by molar-refractivity contribution is 0.0936. The van der Waals surface area contributed by atoms with E-state index in [1.807, 2.05) is 19.9 Å². The number of carbonyl (C=O) groups is 1. The molecule has 0 aromatic carbocycles. The van der Waals surface area contributed by atoms with E-state index in [0.717, 1.165) is 55.2 Å². The second kappa shape index (κ2) is 9.00. The zero-order chi connectivity index (χ0) is 20.2. The minimum Gasteiger partial charge on any atom is -0.378 e. The Balaban J connectivity index is 1.57. The Labute approximate surface area is 171 Å². The number of ether oxygens (including phenoxy) is 1. The highest BCUT2D eigenvalue weighted by Gasteiger charge is 2.22. The fraction of sp³-hybridized carbons (Fsp3) is 0.619. The van der Waals surface area contributed by atoms with Crippen molar-refractivity contribution in [3.05, 3.63) is 23.1 Å². The lowest BCUT2D eigenvalue weighted by atomic mass is 10.1. The third kappa shape index (κ3) is 4.64. The molecule has 1 N–H and O–H groups in total. The Morgan fingerprint density at radius 2 is 1.83 bits per heavy atom. The number of piperidine rings is 1. The predicted molar refractivity (Wildman–Crippen MR) is 112 cm³/mol. The standard InChI is InChI=1S/C21H30N6O2/c1-15-14-16(2)23-18-17(15)20(27-10-12-29-13-11-27)25-19(24-18)21(28)22-6-9-26-7-4-3-5-8-26/h14H,3-13H2,1-2H3,(H,22,28). The van der Waals surface area contributed by atoms with Gasteiger partial charge in [-0.1, -0.05) is 6.42 Å². The van der Waals surface area contributed by atoms with Gasteiger partial charge < -0.3 is 19.9 Å². The van der Waals surface area contributed by atoms with Gasteiger partial charge in [0.15, 0.2) is 5.65 Å². The van der Waals surface area contributed by atoms with Crippen molar-refractivity contribution in [2.24, 2.45) is 0 Å². The Kier molecular flexibility index (Phi) is 6.20. The summed E-state index contributed by atoms with van der Waals surface area (Å²) in [6, 6.07) is 2.04. The molecule has 2 aromatic heterocycles. The van der Waals surface area contributed by atoms with Crippen molar-refractivity contribution in [3.8, 4) is 0 Å². The topological polar surface area (TPSA) is 83.5 Å². The quantitative estimate of drug-likeness (QED) is 0.821. The van der Waals surface area contributed by atoms with E-state index in [-0.39, 0.29) is 11.7 Å². The Morgan fingerprint density at radius 3 is 2.59 bits per heavy atom.